The summed E-state index contributed by atoms with van der Waals surface area (Å²) in [6.07, 6.45) is 1.32. The largest absolute Gasteiger partial charge is 0.397 e. The summed E-state index contributed by atoms with van der Waals surface area (Å²) in [5, 5.41) is 11.2. The monoisotopic (exact) mass is 215 g/mol. The Morgan fingerprint density at radius 3 is 3.07 bits per heavy atom. The molecule has 1 amide bonds. The molecule has 0 spiro atoms. The second kappa shape index (κ2) is 4.78. The van der Waals surface area contributed by atoms with E-state index in [0.29, 0.717) is 0 Å². The maximum Gasteiger partial charge on any atom is 0.253 e. The summed E-state index contributed by atoms with van der Waals surface area (Å²) in [6.45, 7) is 0.0582. The Labute approximate surface area is 85.9 Å². The first-order valence-electron chi connectivity index (χ1n) is 3.95. The van der Waals surface area contributed by atoms with E-state index in [1.54, 1.807) is 0 Å². The third kappa shape index (κ3) is 2.58. The van der Waals surface area contributed by atoms with E-state index in [-0.39, 0.29) is 35.5 Å². The highest BCUT2D eigenvalue weighted by Crippen LogP contribution is 2.14. The number of carbonyl (C=O) groups is 1. The molecule has 6 heteroatoms. The minimum absolute atomic E-state index is 0.121. The molecule has 0 aliphatic carbocycles. The topological polar surface area (TPSA) is 88.2 Å². The summed E-state index contributed by atoms with van der Waals surface area (Å²) in [5.74, 6) is -0.374. The van der Waals surface area contributed by atoms with Crippen LogP contribution in [-0.2, 0) is 0 Å². The molecule has 0 unspecified atom stereocenters. The number of hydrogen-bond donors (Lipinski definition) is 3. The molecule has 5 nitrogen and oxygen atoms in total. The Morgan fingerprint density at radius 1 is 1.71 bits per heavy atom. The van der Waals surface area contributed by atoms with Crippen LogP contribution in [0.1, 0.15) is 10.4 Å². The van der Waals surface area contributed by atoms with Crippen molar-refractivity contribution in [2.45, 2.75) is 0 Å². The molecule has 0 aliphatic heterocycles. The van der Waals surface area contributed by atoms with Gasteiger partial charge in [0, 0.05) is 6.54 Å². The minimum atomic E-state index is -0.374. The van der Waals surface area contributed by atoms with E-state index in [0.717, 1.165) is 0 Å². The third-order valence-corrected chi connectivity index (χ3v) is 1.75. The maximum absolute atomic E-state index is 11.4. The molecule has 0 fully saturated rings. The van der Waals surface area contributed by atoms with Crippen molar-refractivity contribution >= 4 is 23.2 Å². The van der Waals surface area contributed by atoms with Crippen LogP contribution in [0.15, 0.2) is 12.3 Å². The predicted octanol–water partition coefficient (Wildman–Crippen LogP) is 0.0393. The number of carbonyl (C=O) groups excluding carboxylic acids is 1. The van der Waals surface area contributed by atoms with Gasteiger partial charge in [-0.25, -0.2) is 4.98 Å². The summed E-state index contributed by atoms with van der Waals surface area (Å²) in [5.41, 5.74) is 6.03. The van der Waals surface area contributed by atoms with E-state index in [1.807, 2.05) is 0 Å². The molecule has 1 heterocycles. The van der Waals surface area contributed by atoms with Gasteiger partial charge in [0.1, 0.15) is 5.15 Å². The fourth-order valence-corrected chi connectivity index (χ4v) is 1.06. The normalized spacial score (nSPS) is 9.86. The summed E-state index contributed by atoms with van der Waals surface area (Å²) in [7, 11) is 0. The van der Waals surface area contributed by atoms with E-state index in [4.69, 9.17) is 22.4 Å². The van der Waals surface area contributed by atoms with Crippen molar-refractivity contribution in [1.82, 2.24) is 10.3 Å². The van der Waals surface area contributed by atoms with Gasteiger partial charge in [-0.15, -0.1) is 0 Å². The van der Waals surface area contributed by atoms with Gasteiger partial charge in [-0.3, -0.25) is 4.79 Å². The van der Waals surface area contributed by atoms with Crippen LogP contribution in [0.3, 0.4) is 0 Å². The molecule has 0 saturated carbocycles. The molecular weight excluding hydrogens is 206 g/mol. The van der Waals surface area contributed by atoms with E-state index < -0.39 is 0 Å². The van der Waals surface area contributed by atoms with Gasteiger partial charge in [0.15, 0.2) is 0 Å². The van der Waals surface area contributed by atoms with Crippen molar-refractivity contribution in [3.8, 4) is 0 Å². The highest BCUT2D eigenvalue weighted by atomic mass is 35.5. The van der Waals surface area contributed by atoms with E-state index in [2.05, 4.69) is 10.3 Å². The number of rotatable bonds is 3. The van der Waals surface area contributed by atoms with E-state index >= 15 is 0 Å². The van der Waals surface area contributed by atoms with Gasteiger partial charge in [-0.2, -0.15) is 0 Å². The SMILES string of the molecule is Nc1cnc(Cl)cc1C(=O)NCCO. The first kappa shape index (κ1) is 10.7. The highest BCUT2D eigenvalue weighted by Gasteiger charge is 2.09. The van der Waals surface area contributed by atoms with E-state index in [1.165, 1.54) is 12.3 Å². The number of aliphatic hydroxyl groups excluding tert-OH is 1. The van der Waals surface area contributed by atoms with Gasteiger partial charge in [0.25, 0.3) is 5.91 Å². The Kier molecular flexibility index (Phi) is 3.67. The van der Waals surface area contributed by atoms with Crippen molar-refractivity contribution < 1.29 is 9.90 Å². The molecule has 4 N–H and O–H groups in total. The van der Waals surface area contributed by atoms with Gasteiger partial charge in [-0.1, -0.05) is 11.6 Å². The Balaban J connectivity index is 2.83. The molecule has 1 aromatic rings. The first-order chi connectivity index (χ1) is 6.65. The lowest BCUT2D eigenvalue weighted by Gasteiger charge is -2.05. The number of aromatic nitrogens is 1. The summed E-state index contributed by atoms with van der Waals surface area (Å²) >= 11 is 5.60. The van der Waals surface area contributed by atoms with Gasteiger partial charge >= 0.3 is 0 Å². The van der Waals surface area contributed by atoms with Crippen LogP contribution in [0.4, 0.5) is 5.69 Å². The van der Waals surface area contributed by atoms with Crippen molar-refractivity contribution in [3.05, 3.63) is 23.0 Å². The van der Waals surface area contributed by atoms with Crippen molar-refractivity contribution in [3.63, 3.8) is 0 Å². The molecule has 0 radical (unpaired) electrons. The molecule has 0 bridgehead atoms. The van der Waals surface area contributed by atoms with Crippen LogP contribution < -0.4 is 11.1 Å². The molecule has 76 valence electrons. The minimum Gasteiger partial charge on any atom is -0.397 e. The summed E-state index contributed by atoms with van der Waals surface area (Å²) < 4.78 is 0. The Hall–Kier alpha value is -1.33. The quantitative estimate of drug-likeness (QED) is 0.622. The highest BCUT2D eigenvalue weighted by molar-refractivity contribution is 6.29. The van der Waals surface area contributed by atoms with Crippen molar-refractivity contribution in [2.24, 2.45) is 0 Å². The third-order valence-electron chi connectivity index (χ3n) is 1.54. The zero-order valence-electron chi connectivity index (χ0n) is 7.33. The zero-order valence-corrected chi connectivity index (χ0v) is 8.08. The fourth-order valence-electron chi connectivity index (χ4n) is 0.902. The first-order valence-corrected chi connectivity index (χ1v) is 4.33. The number of nitrogen functional groups attached to an aromatic ring is 1. The second-order valence-corrected chi connectivity index (χ2v) is 2.96. The standard InChI is InChI=1S/C8H10ClN3O2/c9-7-3-5(6(10)4-12-7)8(14)11-1-2-13/h3-4,13H,1-2,10H2,(H,11,14). The summed E-state index contributed by atoms with van der Waals surface area (Å²) in [6, 6.07) is 1.38. The average molecular weight is 216 g/mol. The number of hydrogen-bond acceptors (Lipinski definition) is 4. The van der Waals surface area contributed by atoms with Crippen LogP contribution in [0, 0.1) is 0 Å². The molecule has 1 aromatic heterocycles. The molecule has 0 saturated heterocycles. The van der Waals surface area contributed by atoms with Crippen LogP contribution in [0.5, 0.6) is 0 Å². The molecule has 0 aromatic carbocycles. The Morgan fingerprint density at radius 2 is 2.43 bits per heavy atom. The number of aliphatic hydroxyl groups is 1. The van der Waals surface area contributed by atoms with Crippen LogP contribution in [-0.4, -0.2) is 29.1 Å². The number of anilines is 1. The van der Waals surface area contributed by atoms with Gasteiger partial charge < -0.3 is 16.2 Å². The number of nitrogens with two attached hydrogens (primary N) is 1. The number of nitrogens with one attached hydrogen (secondary N) is 1. The molecular formula is C8H10ClN3O2. The van der Waals surface area contributed by atoms with Crippen LogP contribution in [0.25, 0.3) is 0 Å². The predicted molar refractivity (Wildman–Crippen MR) is 53.1 cm³/mol. The molecule has 0 aliphatic rings. The number of halogens is 1. The lowest BCUT2D eigenvalue weighted by Crippen LogP contribution is -2.27. The van der Waals surface area contributed by atoms with Gasteiger partial charge in [0.2, 0.25) is 0 Å². The molecule has 1 rings (SSSR count). The van der Waals surface area contributed by atoms with E-state index in [9.17, 15) is 4.79 Å². The number of pyridine rings is 1. The van der Waals surface area contributed by atoms with Crippen molar-refractivity contribution in [1.29, 1.82) is 0 Å². The van der Waals surface area contributed by atoms with Gasteiger partial charge in [0.05, 0.1) is 24.1 Å². The lowest BCUT2D eigenvalue weighted by atomic mass is 10.2. The number of amides is 1. The zero-order chi connectivity index (χ0) is 10.6. The number of nitrogens with zero attached hydrogens (tertiary/aromatic N) is 1. The molecule has 14 heavy (non-hydrogen) atoms. The van der Waals surface area contributed by atoms with Crippen LogP contribution in [0.2, 0.25) is 5.15 Å². The van der Waals surface area contributed by atoms with Crippen LogP contribution >= 0.6 is 11.6 Å². The fraction of sp³-hybridized carbons (Fsp3) is 0.250. The van der Waals surface area contributed by atoms with Crippen molar-refractivity contribution in [2.75, 3.05) is 18.9 Å². The maximum atomic E-state index is 11.4. The lowest BCUT2D eigenvalue weighted by molar-refractivity contribution is 0.0945. The second-order valence-electron chi connectivity index (χ2n) is 2.57. The average Bonchev–Trinajstić information content (AvgIpc) is 2.18. The van der Waals surface area contributed by atoms with Gasteiger partial charge in [-0.05, 0) is 6.07 Å². The molecule has 0 atom stereocenters. The summed E-state index contributed by atoms with van der Waals surface area (Å²) in [4.78, 5) is 15.1. The smallest absolute Gasteiger partial charge is 0.253 e. The Bertz CT molecular complexity index is 343.